The molecular weight excluding hydrogens is 176 g/mol. The Morgan fingerprint density at radius 1 is 1.83 bits per heavy atom. The molecule has 0 fully saturated rings. The minimum atomic E-state index is -0.392. The molecule has 0 atom stereocenters. The predicted molar refractivity (Wildman–Crippen MR) is 45.4 cm³/mol. The van der Waals surface area contributed by atoms with Crippen LogP contribution in [0.25, 0.3) is 0 Å². The van der Waals surface area contributed by atoms with Crippen molar-refractivity contribution < 1.29 is 9.53 Å². The molecule has 0 amide bonds. The fraction of sp³-hybridized carbons (Fsp3) is 0.286. The number of nitrogens with one attached hydrogen (secondary N) is 1. The number of H-pyrrole nitrogens is 1. The molecule has 0 bridgehead atoms. The van der Waals surface area contributed by atoms with Crippen molar-refractivity contribution in [3.05, 3.63) is 22.7 Å². The van der Waals surface area contributed by atoms with E-state index in [4.69, 9.17) is 17.0 Å². The highest BCUT2D eigenvalue weighted by Crippen LogP contribution is 1.96. The highest BCUT2D eigenvalue weighted by atomic mass is 32.1. The minimum Gasteiger partial charge on any atom is -0.462 e. The third-order valence-corrected chi connectivity index (χ3v) is 1.41. The topological polar surface area (TPSA) is 55.0 Å². The van der Waals surface area contributed by atoms with Crippen molar-refractivity contribution in [3.63, 3.8) is 0 Å². The van der Waals surface area contributed by atoms with E-state index in [1.807, 2.05) is 0 Å². The molecule has 1 rings (SSSR count). The molecule has 12 heavy (non-hydrogen) atoms. The van der Waals surface area contributed by atoms with Gasteiger partial charge in [-0.05, 0) is 19.1 Å². The van der Waals surface area contributed by atoms with Gasteiger partial charge in [0.05, 0.1) is 12.2 Å². The summed E-state index contributed by atoms with van der Waals surface area (Å²) in [5.41, 5.74) is 0.380. The van der Waals surface area contributed by atoms with Crippen LogP contribution in [0.15, 0.2) is 12.4 Å². The largest absolute Gasteiger partial charge is 0.462 e. The fourth-order valence-electron chi connectivity index (χ4n) is 0.668. The Hall–Kier alpha value is -1.23. The highest BCUT2D eigenvalue weighted by molar-refractivity contribution is 7.71. The third kappa shape index (κ3) is 2.13. The van der Waals surface area contributed by atoms with E-state index in [0.717, 1.165) is 0 Å². The zero-order chi connectivity index (χ0) is 8.97. The van der Waals surface area contributed by atoms with Crippen molar-refractivity contribution in [2.45, 2.75) is 6.92 Å². The number of nitrogens with zero attached hydrogens (tertiary/aromatic N) is 1. The van der Waals surface area contributed by atoms with E-state index in [1.54, 1.807) is 6.92 Å². The van der Waals surface area contributed by atoms with Crippen molar-refractivity contribution >= 4 is 18.2 Å². The second-order valence-corrected chi connectivity index (χ2v) is 2.41. The number of carbonyl (C=O) groups is 1. The van der Waals surface area contributed by atoms with Crippen LogP contribution in [-0.4, -0.2) is 22.5 Å². The van der Waals surface area contributed by atoms with Crippen LogP contribution < -0.4 is 0 Å². The van der Waals surface area contributed by atoms with Crippen LogP contribution in [0.2, 0.25) is 0 Å². The van der Waals surface area contributed by atoms with Gasteiger partial charge in [0, 0.05) is 12.4 Å². The molecule has 0 radical (unpaired) electrons. The van der Waals surface area contributed by atoms with Crippen LogP contribution in [-0.2, 0) is 4.74 Å². The van der Waals surface area contributed by atoms with E-state index >= 15 is 0 Å². The summed E-state index contributed by atoms with van der Waals surface area (Å²) in [5, 5.41) is 0. The normalized spacial score (nSPS) is 9.42. The number of ether oxygens (including phenoxy) is 1. The zero-order valence-corrected chi connectivity index (χ0v) is 7.35. The third-order valence-electron chi connectivity index (χ3n) is 1.18. The lowest BCUT2D eigenvalue weighted by molar-refractivity contribution is 0.0525. The van der Waals surface area contributed by atoms with Crippen molar-refractivity contribution in [1.29, 1.82) is 0 Å². The van der Waals surface area contributed by atoms with Gasteiger partial charge in [0.1, 0.15) is 0 Å². The maximum Gasteiger partial charge on any atom is 0.341 e. The number of carbonyl (C=O) groups excluding carboxylic acids is 1. The first kappa shape index (κ1) is 8.86. The van der Waals surface area contributed by atoms with Crippen LogP contribution >= 0.6 is 12.2 Å². The quantitative estimate of drug-likeness (QED) is 0.556. The molecule has 5 heteroatoms. The minimum absolute atomic E-state index is 0.350. The Kier molecular flexibility index (Phi) is 2.93. The molecule has 0 aromatic carbocycles. The second kappa shape index (κ2) is 3.96. The molecule has 64 valence electrons. The first-order valence-electron chi connectivity index (χ1n) is 3.46. The molecule has 0 saturated heterocycles. The highest BCUT2D eigenvalue weighted by Gasteiger charge is 2.04. The molecule has 1 N–H and O–H groups in total. The Labute approximate surface area is 74.6 Å². The molecule has 0 aliphatic carbocycles. The molecule has 0 spiro atoms. The van der Waals surface area contributed by atoms with E-state index < -0.39 is 5.97 Å². The number of aromatic amines is 1. The Balaban J connectivity index is 2.82. The van der Waals surface area contributed by atoms with Gasteiger partial charge in [-0.3, -0.25) is 0 Å². The average Bonchev–Trinajstić information content (AvgIpc) is 2.06. The molecule has 1 aromatic rings. The van der Waals surface area contributed by atoms with Crippen LogP contribution in [0.3, 0.4) is 0 Å². The van der Waals surface area contributed by atoms with E-state index in [-0.39, 0.29) is 0 Å². The Morgan fingerprint density at radius 2 is 2.58 bits per heavy atom. The van der Waals surface area contributed by atoms with Gasteiger partial charge in [0.15, 0.2) is 4.77 Å². The lowest BCUT2D eigenvalue weighted by Crippen LogP contribution is -2.05. The average molecular weight is 184 g/mol. The summed E-state index contributed by atoms with van der Waals surface area (Å²) >= 11 is 4.70. The second-order valence-electron chi connectivity index (χ2n) is 2.03. The fourth-order valence-corrected chi connectivity index (χ4v) is 0.780. The monoisotopic (exact) mass is 184 g/mol. The smallest absolute Gasteiger partial charge is 0.341 e. The van der Waals surface area contributed by atoms with Gasteiger partial charge < -0.3 is 9.72 Å². The summed E-state index contributed by atoms with van der Waals surface area (Å²) in [4.78, 5) is 17.4. The standard InChI is InChI=1S/C7H8N2O2S/c1-2-11-6(10)5-3-8-7(12)9-4-5/h3-4H,2H2,1H3,(H,8,9,12). The van der Waals surface area contributed by atoms with Crippen molar-refractivity contribution in [3.8, 4) is 0 Å². The van der Waals surface area contributed by atoms with Crippen LogP contribution in [0.4, 0.5) is 0 Å². The molecule has 0 unspecified atom stereocenters. The predicted octanol–water partition coefficient (Wildman–Crippen LogP) is 1.32. The summed E-state index contributed by atoms with van der Waals surface area (Å²) in [5.74, 6) is -0.392. The van der Waals surface area contributed by atoms with Gasteiger partial charge in [-0.1, -0.05) is 0 Å². The van der Waals surface area contributed by atoms with E-state index in [0.29, 0.717) is 16.9 Å². The van der Waals surface area contributed by atoms with Crippen LogP contribution in [0.5, 0.6) is 0 Å². The van der Waals surface area contributed by atoms with Gasteiger partial charge in [-0.2, -0.15) is 0 Å². The Bertz CT molecular complexity index is 314. The van der Waals surface area contributed by atoms with Crippen molar-refractivity contribution in [2.24, 2.45) is 0 Å². The number of esters is 1. The van der Waals surface area contributed by atoms with Gasteiger partial charge >= 0.3 is 5.97 Å². The summed E-state index contributed by atoms with van der Waals surface area (Å²) in [6.45, 7) is 2.10. The molecule has 0 aliphatic rings. The van der Waals surface area contributed by atoms with E-state index in [9.17, 15) is 4.79 Å². The molecular formula is C7H8N2O2S. The van der Waals surface area contributed by atoms with Gasteiger partial charge in [0.2, 0.25) is 0 Å². The first-order chi connectivity index (χ1) is 5.74. The van der Waals surface area contributed by atoms with E-state index in [2.05, 4.69) is 9.97 Å². The SMILES string of the molecule is CCOC(=O)c1cnc(=S)[nH]c1. The lowest BCUT2D eigenvalue weighted by atomic mass is 10.3. The summed E-state index contributed by atoms with van der Waals surface area (Å²) in [6, 6.07) is 0. The number of rotatable bonds is 2. The van der Waals surface area contributed by atoms with Gasteiger partial charge in [-0.15, -0.1) is 0 Å². The zero-order valence-electron chi connectivity index (χ0n) is 6.53. The van der Waals surface area contributed by atoms with Crippen LogP contribution in [0.1, 0.15) is 17.3 Å². The maximum atomic E-state index is 11.0. The lowest BCUT2D eigenvalue weighted by Gasteiger charge is -1.99. The summed E-state index contributed by atoms with van der Waals surface area (Å²) in [6.07, 6.45) is 2.87. The van der Waals surface area contributed by atoms with E-state index in [1.165, 1.54) is 12.4 Å². The number of hydrogen-bond acceptors (Lipinski definition) is 4. The van der Waals surface area contributed by atoms with Crippen molar-refractivity contribution in [2.75, 3.05) is 6.61 Å². The maximum absolute atomic E-state index is 11.0. The molecule has 0 saturated carbocycles. The summed E-state index contributed by atoms with van der Waals surface area (Å²) in [7, 11) is 0. The number of aromatic nitrogens is 2. The van der Waals surface area contributed by atoms with Crippen LogP contribution in [0, 0.1) is 4.77 Å². The Morgan fingerprint density at radius 3 is 3.08 bits per heavy atom. The molecule has 1 heterocycles. The molecule has 4 nitrogen and oxygen atoms in total. The molecule has 0 aliphatic heterocycles. The summed E-state index contributed by atoms with van der Waals surface area (Å²) < 4.78 is 5.08. The van der Waals surface area contributed by atoms with Gasteiger partial charge in [-0.25, -0.2) is 9.78 Å². The van der Waals surface area contributed by atoms with Crippen molar-refractivity contribution in [1.82, 2.24) is 9.97 Å². The number of hydrogen-bond donors (Lipinski definition) is 1. The first-order valence-corrected chi connectivity index (χ1v) is 3.86. The molecule has 1 aromatic heterocycles. The van der Waals surface area contributed by atoms with Gasteiger partial charge in [0.25, 0.3) is 0 Å².